The van der Waals surface area contributed by atoms with Gasteiger partial charge in [0.2, 0.25) is 0 Å². The van der Waals surface area contributed by atoms with Gasteiger partial charge >= 0.3 is 0 Å². The van der Waals surface area contributed by atoms with Crippen molar-refractivity contribution in [1.82, 2.24) is 9.88 Å². The van der Waals surface area contributed by atoms with E-state index >= 15 is 0 Å². The maximum atomic E-state index is 13.8. The lowest BCUT2D eigenvalue weighted by molar-refractivity contribution is 0.0503. The molecule has 0 radical (unpaired) electrons. The van der Waals surface area contributed by atoms with Crippen molar-refractivity contribution >= 4 is 17.2 Å². The average Bonchev–Trinajstić information content (AvgIpc) is 3.46. The largest absolute Gasteiger partial charge is 0.493 e. The van der Waals surface area contributed by atoms with Gasteiger partial charge in [-0.25, -0.2) is 9.37 Å². The first-order valence-corrected chi connectivity index (χ1v) is 11.7. The van der Waals surface area contributed by atoms with Crippen LogP contribution in [0.1, 0.15) is 39.5 Å². The summed E-state index contributed by atoms with van der Waals surface area (Å²) in [6, 6.07) is 14.4. The molecule has 0 unspecified atom stereocenters. The van der Waals surface area contributed by atoms with Crippen molar-refractivity contribution < 1.29 is 18.7 Å². The highest BCUT2D eigenvalue weighted by molar-refractivity contribution is 7.09. The smallest absolute Gasteiger partial charge is 0.273 e. The fraction of sp³-hybridized carbons (Fsp3) is 0.360. The molecule has 3 aromatic rings. The Balaban J connectivity index is 1.42. The standard InChI is InChI=1S/C25H27FN2O3S/c1-18-27-24(17-32-18)25(29)28(16-22-9-5-12-30-22)15-19-6-4-8-21(14-19)31-13-11-20-7-2-3-10-23(20)26/h2-4,6-8,10,14,17,22H,5,9,11-13,15-16H2,1H3/t22-/m0/s1. The van der Waals surface area contributed by atoms with Gasteiger partial charge in [0.05, 0.1) is 17.7 Å². The molecule has 32 heavy (non-hydrogen) atoms. The number of halogens is 1. The molecule has 1 fully saturated rings. The van der Waals surface area contributed by atoms with Gasteiger partial charge < -0.3 is 14.4 Å². The fourth-order valence-electron chi connectivity index (χ4n) is 3.81. The zero-order valence-electron chi connectivity index (χ0n) is 18.1. The number of carbonyl (C=O) groups excluding carboxylic acids is 1. The third kappa shape index (κ3) is 5.93. The molecule has 0 bridgehead atoms. The molecule has 1 amide bonds. The number of thiazole rings is 1. The van der Waals surface area contributed by atoms with Crippen molar-refractivity contribution in [2.75, 3.05) is 19.8 Å². The molecule has 2 aromatic carbocycles. The summed E-state index contributed by atoms with van der Waals surface area (Å²) in [4.78, 5) is 19.3. The Bertz CT molecular complexity index is 1050. The Morgan fingerprint density at radius 2 is 2.16 bits per heavy atom. The Morgan fingerprint density at radius 3 is 2.91 bits per heavy atom. The van der Waals surface area contributed by atoms with Crippen LogP contribution in [0.4, 0.5) is 4.39 Å². The van der Waals surface area contributed by atoms with E-state index in [2.05, 4.69) is 4.98 Å². The van der Waals surface area contributed by atoms with Crippen LogP contribution < -0.4 is 4.74 Å². The molecule has 4 rings (SSSR count). The highest BCUT2D eigenvalue weighted by Crippen LogP contribution is 2.21. The second-order valence-corrected chi connectivity index (χ2v) is 8.97. The van der Waals surface area contributed by atoms with E-state index < -0.39 is 0 Å². The Labute approximate surface area is 191 Å². The first kappa shape index (κ1) is 22.4. The van der Waals surface area contributed by atoms with Crippen molar-refractivity contribution in [2.45, 2.75) is 38.8 Å². The number of hydrogen-bond donors (Lipinski definition) is 0. The van der Waals surface area contributed by atoms with E-state index in [1.165, 1.54) is 17.4 Å². The first-order chi connectivity index (χ1) is 15.6. The minimum atomic E-state index is -0.217. The number of benzene rings is 2. The summed E-state index contributed by atoms with van der Waals surface area (Å²) in [5, 5.41) is 2.68. The maximum Gasteiger partial charge on any atom is 0.273 e. The summed E-state index contributed by atoms with van der Waals surface area (Å²) < 4.78 is 25.4. The molecule has 2 heterocycles. The van der Waals surface area contributed by atoms with Gasteiger partial charge in [-0.3, -0.25) is 4.79 Å². The lowest BCUT2D eigenvalue weighted by Gasteiger charge is -2.25. The fourth-order valence-corrected chi connectivity index (χ4v) is 4.40. The molecular weight excluding hydrogens is 427 g/mol. The number of carbonyl (C=O) groups is 1. The van der Waals surface area contributed by atoms with Crippen molar-refractivity contribution in [2.24, 2.45) is 0 Å². The summed E-state index contributed by atoms with van der Waals surface area (Å²) in [7, 11) is 0. The number of rotatable bonds is 9. The zero-order valence-corrected chi connectivity index (χ0v) is 18.9. The van der Waals surface area contributed by atoms with Gasteiger partial charge in [0.1, 0.15) is 17.3 Å². The predicted octanol–water partition coefficient (Wildman–Crippen LogP) is 5.03. The topological polar surface area (TPSA) is 51.7 Å². The van der Waals surface area contributed by atoms with E-state index in [4.69, 9.17) is 9.47 Å². The van der Waals surface area contributed by atoms with Gasteiger partial charge in [-0.15, -0.1) is 11.3 Å². The molecule has 0 aliphatic carbocycles. The quantitative estimate of drug-likeness (QED) is 0.455. The third-order valence-electron chi connectivity index (χ3n) is 5.44. The van der Waals surface area contributed by atoms with Crippen LogP contribution >= 0.6 is 11.3 Å². The maximum absolute atomic E-state index is 13.8. The van der Waals surface area contributed by atoms with Crippen LogP contribution in [0.15, 0.2) is 53.9 Å². The van der Waals surface area contributed by atoms with Gasteiger partial charge in [-0.1, -0.05) is 30.3 Å². The summed E-state index contributed by atoms with van der Waals surface area (Å²) in [5.74, 6) is 0.397. The summed E-state index contributed by atoms with van der Waals surface area (Å²) in [6.07, 6.45) is 2.52. The number of ether oxygens (including phenoxy) is 2. The lowest BCUT2D eigenvalue weighted by Crippen LogP contribution is -2.37. The van der Waals surface area contributed by atoms with E-state index in [1.54, 1.807) is 12.1 Å². The van der Waals surface area contributed by atoms with Crippen molar-refractivity contribution in [3.63, 3.8) is 0 Å². The minimum absolute atomic E-state index is 0.0545. The van der Waals surface area contributed by atoms with Crippen molar-refractivity contribution in [3.8, 4) is 5.75 Å². The summed E-state index contributed by atoms with van der Waals surface area (Å²) in [5.41, 5.74) is 2.07. The highest BCUT2D eigenvalue weighted by Gasteiger charge is 2.25. The number of amides is 1. The van der Waals surface area contributed by atoms with Crippen molar-refractivity contribution in [1.29, 1.82) is 0 Å². The van der Waals surface area contributed by atoms with Gasteiger partial charge in [0, 0.05) is 31.5 Å². The van der Waals surface area contributed by atoms with Gasteiger partial charge in [0.25, 0.3) is 5.91 Å². The van der Waals surface area contributed by atoms with Crippen LogP contribution in [-0.2, 0) is 17.7 Å². The average molecular weight is 455 g/mol. The molecule has 7 heteroatoms. The number of aromatic nitrogens is 1. The van der Waals surface area contributed by atoms with E-state index in [1.807, 2.05) is 47.5 Å². The van der Waals surface area contributed by atoms with E-state index in [-0.39, 0.29) is 17.8 Å². The van der Waals surface area contributed by atoms with Crippen LogP contribution in [0.2, 0.25) is 0 Å². The molecule has 1 atom stereocenters. The highest BCUT2D eigenvalue weighted by atomic mass is 32.1. The molecule has 1 saturated heterocycles. The molecule has 1 aromatic heterocycles. The Morgan fingerprint density at radius 1 is 1.28 bits per heavy atom. The summed E-state index contributed by atoms with van der Waals surface area (Å²) in [6.45, 7) is 4.00. The predicted molar refractivity (Wildman–Crippen MR) is 123 cm³/mol. The van der Waals surface area contributed by atoms with Gasteiger partial charge in [-0.05, 0) is 49.1 Å². The van der Waals surface area contributed by atoms with Gasteiger partial charge in [-0.2, -0.15) is 0 Å². The van der Waals surface area contributed by atoms with Crippen molar-refractivity contribution in [3.05, 3.63) is 81.6 Å². The molecule has 1 aliphatic heterocycles. The second-order valence-electron chi connectivity index (χ2n) is 7.91. The van der Waals surface area contributed by atoms with Crippen LogP contribution in [0.25, 0.3) is 0 Å². The molecule has 1 aliphatic rings. The molecular formula is C25H27FN2O3S. The SMILES string of the molecule is Cc1nc(C(=O)N(Cc2cccc(OCCc3ccccc3F)c2)C[C@@H]2CCCO2)cs1. The second kappa shape index (κ2) is 10.7. The van der Waals surface area contributed by atoms with Crippen LogP contribution in [-0.4, -0.2) is 41.7 Å². The lowest BCUT2D eigenvalue weighted by atomic mass is 10.1. The molecule has 0 saturated carbocycles. The number of hydrogen-bond acceptors (Lipinski definition) is 5. The van der Waals surface area contributed by atoms with E-state index in [9.17, 15) is 9.18 Å². The Kier molecular flexibility index (Phi) is 7.50. The third-order valence-corrected chi connectivity index (χ3v) is 6.22. The summed E-state index contributed by atoms with van der Waals surface area (Å²) >= 11 is 1.47. The van der Waals surface area contributed by atoms with E-state index in [0.717, 1.165) is 30.0 Å². The van der Waals surface area contributed by atoms with Crippen LogP contribution in [0.5, 0.6) is 5.75 Å². The molecule has 168 valence electrons. The van der Waals surface area contributed by atoms with Crippen LogP contribution in [0, 0.1) is 12.7 Å². The molecule has 5 nitrogen and oxygen atoms in total. The molecule has 0 N–H and O–H groups in total. The van der Waals surface area contributed by atoms with Gasteiger partial charge in [0.15, 0.2) is 0 Å². The first-order valence-electron chi connectivity index (χ1n) is 10.9. The number of aryl methyl sites for hydroxylation is 1. The normalized spacial score (nSPS) is 15.6. The minimum Gasteiger partial charge on any atom is -0.493 e. The Hall–Kier alpha value is -2.77. The monoisotopic (exact) mass is 454 g/mol. The zero-order chi connectivity index (χ0) is 22.3. The van der Waals surface area contributed by atoms with Crippen LogP contribution in [0.3, 0.4) is 0 Å². The molecule has 0 spiro atoms. The van der Waals surface area contributed by atoms with E-state index in [0.29, 0.717) is 43.1 Å². The number of nitrogens with zero attached hydrogens (tertiary/aromatic N) is 2.